The summed E-state index contributed by atoms with van der Waals surface area (Å²) in [7, 11) is 1.69. The molecule has 2 atom stereocenters. The van der Waals surface area contributed by atoms with Crippen LogP contribution in [0, 0.1) is 5.21 Å². The lowest BCUT2D eigenvalue weighted by molar-refractivity contribution is -0.884. The Morgan fingerprint density at radius 1 is 1.40 bits per heavy atom. The largest absolute Gasteiger partial charge is 0.634 e. The molecule has 0 fully saturated rings. The van der Waals surface area contributed by atoms with E-state index >= 15 is 0 Å². The van der Waals surface area contributed by atoms with Gasteiger partial charge in [0.05, 0.1) is 12.6 Å². The number of hydrogen-bond acceptors (Lipinski definition) is 1. The molecule has 0 amide bonds. The first-order valence-electron chi connectivity index (χ1n) is 4.08. The molecule has 0 aromatic carbocycles. The van der Waals surface area contributed by atoms with Crippen LogP contribution in [0.2, 0.25) is 0 Å². The van der Waals surface area contributed by atoms with Crippen molar-refractivity contribution < 1.29 is 5.06 Å². The van der Waals surface area contributed by atoms with Gasteiger partial charge in [-0.05, 0) is 13.3 Å². The summed E-state index contributed by atoms with van der Waals surface area (Å²) in [5, 5.41) is 11.4. The van der Waals surface area contributed by atoms with Crippen LogP contribution in [0.3, 0.4) is 0 Å². The van der Waals surface area contributed by atoms with Crippen LogP contribution in [0.25, 0.3) is 0 Å². The summed E-state index contributed by atoms with van der Waals surface area (Å²) in [4.78, 5) is 0. The van der Waals surface area contributed by atoms with Crippen molar-refractivity contribution >= 4 is 0 Å². The highest BCUT2D eigenvalue weighted by Gasteiger charge is 2.24. The summed E-state index contributed by atoms with van der Waals surface area (Å²) < 4.78 is 0. The van der Waals surface area contributed by atoms with Crippen molar-refractivity contribution in [3.63, 3.8) is 0 Å². The minimum atomic E-state index is -0.0469. The Morgan fingerprint density at radius 2 is 1.90 bits per heavy atom. The molecule has 0 aromatic rings. The molecule has 2 nitrogen and oxygen atoms in total. The van der Waals surface area contributed by atoms with E-state index in [0.717, 1.165) is 19.3 Å². The van der Waals surface area contributed by atoms with Gasteiger partial charge < -0.3 is 10.3 Å². The summed E-state index contributed by atoms with van der Waals surface area (Å²) in [5.41, 5.74) is -0.0469. The molecule has 62 valence electrons. The summed E-state index contributed by atoms with van der Waals surface area (Å²) in [6.07, 6.45) is 3.10. The molecule has 0 radical (unpaired) electrons. The molecule has 0 aromatic heterocycles. The molecule has 0 saturated carbocycles. The molecule has 0 aliphatic heterocycles. The summed E-state index contributed by atoms with van der Waals surface area (Å²) in [6.45, 7) is 6.26. The molecule has 1 N–H and O–H groups in total. The SMILES string of the molecule is CCCC(C)(CC)[NH+](C)[O-]. The van der Waals surface area contributed by atoms with Gasteiger partial charge in [-0.3, -0.25) is 0 Å². The van der Waals surface area contributed by atoms with Crippen molar-refractivity contribution in [2.45, 2.75) is 45.6 Å². The Labute approximate surface area is 63.8 Å². The highest BCUT2D eigenvalue weighted by atomic mass is 16.5. The second-order valence-electron chi connectivity index (χ2n) is 3.22. The Bertz CT molecular complexity index is 93.3. The zero-order valence-electron chi connectivity index (χ0n) is 7.53. The Morgan fingerprint density at radius 3 is 2.00 bits per heavy atom. The van der Waals surface area contributed by atoms with Gasteiger partial charge in [0.2, 0.25) is 0 Å². The molecule has 0 heterocycles. The van der Waals surface area contributed by atoms with Crippen molar-refractivity contribution in [3.8, 4) is 0 Å². The topological polar surface area (TPSA) is 27.5 Å². The van der Waals surface area contributed by atoms with Gasteiger partial charge in [0, 0.05) is 6.42 Å². The highest BCUT2D eigenvalue weighted by Crippen LogP contribution is 2.11. The van der Waals surface area contributed by atoms with Gasteiger partial charge in [-0.15, -0.1) is 0 Å². The van der Waals surface area contributed by atoms with E-state index in [0.29, 0.717) is 5.06 Å². The number of hydroxylamine groups is 2. The standard InChI is InChI=1S/C8H19NO/c1-5-7-8(3,6-2)9(4)10/h9H,5-7H2,1-4H3. The molecular weight excluding hydrogens is 126 g/mol. The second kappa shape index (κ2) is 3.94. The number of hydrogen-bond donors (Lipinski definition) is 1. The van der Waals surface area contributed by atoms with E-state index in [-0.39, 0.29) is 5.54 Å². The number of nitrogens with one attached hydrogen (secondary N) is 1. The maximum absolute atomic E-state index is 11.1. The average molecular weight is 145 g/mol. The van der Waals surface area contributed by atoms with Gasteiger partial charge >= 0.3 is 0 Å². The first kappa shape index (κ1) is 9.92. The monoisotopic (exact) mass is 145 g/mol. The fraction of sp³-hybridized carbons (Fsp3) is 1.00. The van der Waals surface area contributed by atoms with E-state index in [1.165, 1.54) is 0 Å². The lowest BCUT2D eigenvalue weighted by Gasteiger charge is -2.37. The molecule has 2 unspecified atom stereocenters. The van der Waals surface area contributed by atoms with Crippen molar-refractivity contribution in [3.05, 3.63) is 5.21 Å². The predicted molar refractivity (Wildman–Crippen MR) is 43.9 cm³/mol. The van der Waals surface area contributed by atoms with Gasteiger partial charge in [-0.1, -0.05) is 20.3 Å². The molecule has 0 aliphatic rings. The van der Waals surface area contributed by atoms with E-state index in [1.807, 2.05) is 0 Å². The lowest BCUT2D eigenvalue weighted by atomic mass is 9.93. The molecule has 0 aliphatic carbocycles. The molecule has 0 rings (SSSR count). The Kier molecular flexibility index (Phi) is 3.91. The first-order chi connectivity index (χ1) is 4.56. The highest BCUT2D eigenvalue weighted by molar-refractivity contribution is 4.69. The molecule has 0 spiro atoms. The van der Waals surface area contributed by atoms with E-state index in [2.05, 4.69) is 20.8 Å². The minimum Gasteiger partial charge on any atom is -0.634 e. The van der Waals surface area contributed by atoms with Crippen molar-refractivity contribution in [2.24, 2.45) is 0 Å². The zero-order valence-corrected chi connectivity index (χ0v) is 7.53. The maximum Gasteiger partial charge on any atom is 0.0940 e. The van der Waals surface area contributed by atoms with E-state index < -0.39 is 0 Å². The van der Waals surface area contributed by atoms with Crippen LogP contribution in [-0.4, -0.2) is 12.6 Å². The van der Waals surface area contributed by atoms with Crippen LogP contribution in [0.4, 0.5) is 0 Å². The van der Waals surface area contributed by atoms with Gasteiger partial charge in [0.15, 0.2) is 0 Å². The fourth-order valence-electron chi connectivity index (χ4n) is 1.15. The molecule has 0 bridgehead atoms. The molecule has 10 heavy (non-hydrogen) atoms. The summed E-state index contributed by atoms with van der Waals surface area (Å²) >= 11 is 0. The predicted octanol–water partition coefficient (Wildman–Crippen LogP) is 0.968. The smallest absolute Gasteiger partial charge is 0.0940 e. The van der Waals surface area contributed by atoms with E-state index in [4.69, 9.17) is 0 Å². The number of rotatable bonds is 4. The fourth-order valence-corrected chi connectivity index (χ4v) is 1.15. The van der Waals surface area contributed by atoms with Gasteiger partial charge in [-0.25, -0.2) is 0 Å². The maximum atomic E-state index is 11.1. The molecule has 2 heteroatoms. The van der Waals surface area contributed by atoms with Crippen LogP contribution < -0.4 is 5.06 Å². The summed E-state index contributed by atoms with van der Waals surface area (Å²) in [5.74, 6) is 0. The zero-order chi connectivity index (χ0) is 8.20. The van der Waals surface area contributed by atoms with Crippen LogP contribution in [0.15, 0.2) is 0 Å². The van der Waals surface area contributed by atoms with Crippen molar-refractivity contribution in [1.29, 1.82) is 0 Å². The quantitative estimate of drug-likeness (QED) is 0.586. The van der Waals surface area contributed by atoms with Gasteiger partial charge in [0.25, 0.3) is 0 Å². The third-order valence-corrected chi connectivity index (χ3v) is 2.43. The Balaban J connectivity index is 3.94. The Hall–Kier alpha value is -0.0800. The van der Waals surface area contributed by atoms with Crippen molar-refractivity contribution in [1.82, 2.24) is 0 Å². The van der Waals surface area contributed by atoms with E-state index in [1.54, 1.807) is 7.05 Å². The lowest BCUT2D eigenvalue weighted by Crippen LogP contribution is -3.12. The first-order valence-corrected chi connectivity index (χ1v) is 4.08. The number of quaternary nitrogens is 1. The molecule has 0 saturated heterocycles. The third-order valence-electron chi connectivity index (χ3n) is 2.43. The second-order valence-corrected chi connectivity index (χ2v) is 3.22. The molecular formula is C8H19NO. The normalized spacial score (nSPS) is 20.1. The van der Waals surface area contributed by atoms with Gasteiger partial charge in [0.1, 0.15) is 0 Å². The van der Waals surface area contributed by atoms with E-state index in [9.17, 15) is 5.21 Å². The summed E-state index contributed by atoms with van der Waals surface area (Å²) in [6, 6.07) is 0. The minimum absolute atomic E-state index is 0.0469. The van der Waals surface area contributed by atoms with Crippen LogP contribution in [0.1, 0.15) is 40.0 Å². The third kappa shape index (κ3) is 2.27. The van der Waals surface area contributed by atoms with Crippen LogP contribution in [-0.2, 0) is 0 Å². The van der Waals surface area contributed by atoms with Gasteiger partial charge in [-0.2, -0.15) is 0 Å². The average Bonchev–Trinajstić information content (AvgIpc) is 1.88. The van der Waals surface area contributed by atoms with Crippen LogP contribution >= 0.6 is 0 Å². The van der Waals surface area contributed by atoms with Crippen molar-refractivity contribution in [2.75, 3.05) is 7.05 Å². The van der Waals surface area contributed by atoms with Crippen LogP contribution in [0.5, 0.6) is 0 Å².